The van der Waals surface area contributed by atoms with E-state index in [1.165, 1.54) is 0 Å². The van der Waals surface area contributed by atoms with Gasteiger partial charge in [-0.15, -0.1) is 6.58 Å². The molecule has 0 heterocycles. The van der Waals surface area contributed by atoms with Crippen molar-refractivity contribution < 1.29 is 27.1 Å². The number of unbranched alkanes of at least 4 members (excludes halogenated alkanes) is 3. The lowest BCUT2D eigenvalue weighted by molar-refractivity contribution is -0.168. The van der Waals surface area contributed by atoms with Crippen molar-refractivity contribution in [2.24, 2.45) is 0 Å². The highest BCUT2D eigenvalue weighted by molar-refractivity contribution is 5.79. The summed E-state index contributed by atoms with van der Waals surface area (Å²) < 4.78 is 52.6. The van der Waals surface area contributed by atoms with Crippen LogP contribution in [-0.4, -0.2) is 31.3 Å². The SMILES string of the molecule is C=CCCCCCC(=O)COCC(F)(F)C(F)F. The van der Waals surface area contributed by atoms with Crippen molar-refractivity contribution in [3.05, 3.63) is 12.7 Å². The normalized spacial score (nSPS) is 11.8. The Kier molecular flexibility index (Phi) is 8.62. The molecule has 0 fully saturated rings. The highest BCUT2D eigenvalue weighted by Gasteiger charge is 2.41. The Morgan fingerprint density at radius 3 is 2.50 bits per heavy atom. The van der Waals surface area contributed by atoms with Crippen LogP contribution in [0.3, 0.4) is 0 Å². The molecule has 0 unspecified atom stereocenters. The van der Waals surface area contributed by atoms with Gasteiger partial charge in [0.05, 0.1) is 0 Å². The smallest absolute Gasteiger partial charge is 0.330 e. The highest BCUT2D eigenvalue weighted by atomic mass is 19.3. The fourth-order valence-electron chi connectivity index (χ4n) is 1.22. The van der Waals surface area contributed by atoms with Gasteiger partial charge in [-0.2, -0.15) is 8.78 Å². The summed E-state index contributed by atoms with van der Waals surface area (Å²) in [5.41, 5.74) is 0. The summed E-state index contributed by atoms with van der Waals surface area (Å²) in [6, 6.07) is 0. The largest absolute Gasteiger partial charge is 0.367 e. The molecule has 6 heteroatoms. The number of allylic oxidation sites excluding steroid dienone is 1. The zero-order valence-corrected chi connectivity index (χ0v) is 10.1. The van der Waals surface area contributed by atoms with Crippen LogP contribution in [0.1, 0.15) is 32.1 Å². The molecule has 0 N–H and O–H groups in total. The third-order valence-electron chi connectivity index (χ3n) is 2.24. The molecule has 2 nitrogen and oxygen atoms in total. The zero-order chi connectivity index (χ0) is 14.0. The first-order valence-corrected chi connectivity index (χ1v) is 5.76. The zero-order valence-electron chi connectivity index (χ0n) is 10.1. The topological polar surface area (TPSA) is 26.3 Å². The number of ether oxygens (including phenoxy) is 1. The Bertz CT molecular complexity index is 254. The molecule has 0 radical (unpaired) electrons. The molecule has 0 aliphatic rings. The average Bonchev–Trinajstić information content (AvgIpc) is 2.28. The molecule has 0 amide bonds. The fraction of sp³-hybridized carbons (Fsp3) is 0.750. The molecule has 0 saturated carbocycles. The number of Topliss-reactive ketones (excluding diaryl/α,β-unsaturated/α-hetero) is 1. The molecule has 0 aliphatic heterocycles. The van der Waals surface area contributed by atoms with E-state index < -0.39 is 25.6 Å². The number of ketones is 1. The van der Waals surface area contributed by atoms with E-state index in [0.29, 0.717) is 6.42 Å². The molecule has 18 heavy (non-hydrogen) atoms. The molecule has 106 valence electrons. The molecule has 0 aromatic rings. The number of carbonyl (C=O) groups excluding carboxylic acids is 1. The fourth-order valence-corrected chi connectivity index (χ4v) is 1.22. The van der Waals surface area contributed by atoms with Gasteiger partial charge in [0.2, 0.25) is 0 Å². The van der Waals surface area contributed by atoms with Crippen molar-refractivity contribution in [1.82, 2.24) is 0 Å². The molecule has 0 aromatic carbocycles. The molecule has 0 saturated heterocycles. The molecular formula is C12H18F4O2. The second-order valence-electron chi connectivity index (χ2n) is 3.98. The van der Waals surface area contributed by atoms with Crippen LogP contribution in [0.4, 0.5) is 17.6 Å². The third kappa shape index (κ3) is 8.22. The third-order valence-corrected chi connectivity index (χ3v) is 2.24. The van der Waals surface area contributed by atoms with Crippen molar-refractivity contribution >= 4 is 5.78 Å². The van der Waals surface area contributed by atoms with Crippen molar-refractivity contribution in [2.75, 3.05) is 13.2 Å². The predicted molar refractivity (Wildman–Crippen MR) is 60.1 cm³/mol. The summed E-state index contributed by atoms with van der Waals surface area (Å²) in [7, 11) is 0. The Hall–Kier alpha value is -0.910. The molecule has 0 spiro atoms. The Labute approximate surface area is 104 Å². The van der Waals surface area contributed by atoms with E-state index in [9.17, 15) is 22.4 Å². The van der Waals surface area contributed by atoms with E-state index in [4.69, 9.17) is 0 Å². The van der Waals surface area contributed by atoms with Gasteiger partial charge >= 0.3 is 12.3 Å². The van der Waals surface area contributed by atoms with E-state index in [0.717, 1.165) is 19.3 Å². The Balaban J connectivity index is 3.56. The van der Waals surface area contributed by atoms with Gasteiger partial charge in [0, 0.05) is 6.42 Å². The Morgan fingerprint density at radius 1 is 1.28 bits per heavy atom. The Morgan fingerprint density at radius 2 is 1.94 bits per heavy atom. The quantitative estimate of drug-likeness (QED) is 0.326. The molecular weight excluding hydrogens is 252 g/mol. The van der Waals surface area contributed by atoms with E-state index in [-0.39, 0.29) is 12.2 Å². The second-order valence-corrected chi connectivity index (χ2v) is 3.98. The summed E-state index contributed by atoms with van der Waals surface area (Å²) in [6.07, 6.45) is 1.49. The van der Waals surface area contributed by atoms with Gasteiger partial charge in [0.25, 0.3) is 0 Å². The predicted octanol–water partition coefficient (Wildman–Crippen LogP) is 3.61. The number of hydrogen-bond donors (Lipinski definition) is 0. The molecule has 0 aliphatic carbocycles. The van der Waals surface area contributed by atoms with Gasteiger partial charge in [0.15, 0.2) is 5.78 Å². The minimum absolute atomic E-state index is 0.220. The first-order chi connectivity index (χ1) is 8.40. The van der Waals surface area contributed by atoms with Crippen molar-refractivity contribution in [2.45, 2.75) is 44.5 Å². The van der Waals surface area contributed by atoms with Crippen LogP contribution in [0.25, 0.3) is 0 Å². The van der Waals surface area contributed by atoms with Crippen LogP contribution in [-0.2, 0) is 9.53 Å². The van der Waals surface area contributed by atoms with Crippen molar-refractivity contribution in [3.63, 3.8) is 0 Å². The summed E-state index contributed by atoms with van der Waals surface area (Å²) in [4.78, 5) is 11.2. The maximum absolute atomic E-state index is 12.4. The van der Waals surface area contributed by atoms with Crippen LogP contribution < -0.4 is 0 Å². The number of hydrogen-bond acceptors (Lipinski definition) is 2. The van der Waals surface area contributed by atoms with E-state index in [2.05, 4.69) is 11.3 Å². The second kappa shape index (κ2) is 9.08. The summed E-state index contributed by atoms with van der Waals surface area (Å²) in [5.74, 6) is -4.54. The van der Waals surface area contributed by atoms with E-state index >= 15 is 0 Å². The molecule has 0 bridgehead atoms. The van der Waals surface area contributed by atoms with Gasteiger partial charge in [-0.3, -0.25) is 4.79 Å². The highest BCUT2D eigenvalue weighted by Crippen LogP contribution is 2.22. The van der Waals surface area contributed by atoms with Gasteiger partial charge in [0.1, 0.15) is 13.2 Å². The van der Waals surface area contributed by atoms with E-state index in [1.807, 2.05) is 0 Å². The van der Waals surface area contributed by atoms with Crippen LogP contribution in [0.5, 0.6) is 0 Å². The van der Waals surface area contributed by atoms with Gasteiger partial charge < -0.3 is 4.74 Å². The average molecular weight is 270 g/mol. The number of carbonyl (C=O) groups is 1. The van der Waals surface area contributed by atoms with Crippen molar-refractivity contribution in [1.29, 1.82) is 0 Å². The van der Waals surface area contributed by atoms with Gasteiger partial charge in [-0.25, -0.2) is 8.78 Å². The first kappa shape index (κ1) is 17.1. The lowest BCUT2D eigenvalue weighted by atomic mass is 10.1. The first-order valence-electron chi connectivity index (χ1n) is 5.76. The number of rotatable bonds is 11. The lowest BCUT2D eigenvalue weighted by Crippen LogP contribution is -2.33. The maximum atomic E-state index is 12.4. The minimum Gasteiger partial charge on any atom is -0.367 e. The van der Waals surface area contributed by atoms with Crippen LogP contribution in [0, 0.1) is 0 Å². The molecule has 0 rings (SSSR count). The van der Waals surface area contributed by atoms with Crippen LogP contribution in [0.15, 0.2) is 12.7 Å². The van der Waals surface area contributed by atoms with E-state index in [1.54, 1.807) is 6.08 Å². The summed E-state index contributed by atoms with van der Waals surface area (Å²) >= 11 is 0. The molecule has 0 aromatic heterocycles. The monoisotopic (exact) mass is 270 g/mol. The van der Waals surface area contributed by atoms with Crippen LogP contribution >= 0.6 is 0 Å². The van der Waals surface area contributed by atoms with Gasteiger partial charge in [-0.1, -0.05) is 12.5 Å². The molecule has 0 atom stereocenters. The summed E-state index contributed by atoms with van der Waals surface area (Å²) in [6.45, 7) is 1.59. The van der Waals surface area contributed by atoms with Gasteiger partial charge in [-0.05, 0) is 19.3 Å². The number of alkyl halides is 4. The van der Waals surface area contributed by atoms with Crippen LogP contribution in [0.2, 0.25) is 0 Å². The van der Waals surface area contributed by atoms with Crippen molar-refractivity contribution in [3.8, 4) is 0 Å². The minimum atomic E-state index is -4.19. The maximum Gasteiger partial charge on any atom is 0.330 e. The standard InChI is InChI=1S/C12H18F4O2/c1-2-3-4-5-6-7-10(17)8-18-9-12(15,16)11(13)14/h2,11H,1,3-9H2. The number of halogens is 4. The lowest BCUT2D eigenvalue weighted by Gasteiger charge is -2.14. The summed E-state index contributed by atoms with van der Waals surface area (Å²) in [5, 5.41) is 0.